The van der Waals surface area contributed by atoms with E-state index in [4.69, 9.17) is 5.26 Å². The fourth-order valence-electron chi connectivity index (χ4n) is 1.30. The lowest BCUT2D eigenvalue weighted by molar-refractivity contribution is 1.47. The standard InChI is InChI=1S/C13H9NS/c14-10-12-5-2-1-4-11(12)7-8-13-6-3-9-15-13/h1-9H/b8-7+. The van der Waals surface area contributed by atoms with Gasteiger partial charge in [-0.2, -0.15) is 5.26 Å². The molecule has 0 aliphatic heterocycles. The molecule has 0 bridgehead atoms. The van der Waals surface area contributed by atoms with Crippen LogP contribution in [0, 0.1) is 11.3 Å². The van der Waals surface area contributed by atoms with Crippen LogP contribution in [-0.2, 0) is 0 Å². The minimum absolute atomic E-state index is 0.713. The summed E-state index contributed by atoms with van der Waals surface area (Å²) in [5.41, 5.74) is 1.68. The summed E-state index contributed by atoms with van der Waals surface area (Å²) in [5, 5.41) is 10.9. The molecule has 0 aliphatic carbocycles. The van der Waals surface area contributed by atoms with Crippen molar-refractivity contribution in [1.29, 1.82) is 5.26 Å². The zero-order valence-corrected chi connectivity index (χ0v) is 8.87. The van der Waals surface area contributed by atoms with Crippen molar-refractivity contribution in [1.82, 2.24) is 0 Å². The van der Waals surface area contributed by atoms with E-state index >= 15 is 0 Å². The van der Waals surface area contributed by atoms with Crippen molar-refractivity contribution < 1.29 is 0 Å². The molecule has 0 atom stereocenters. The average molecular weight is 211 g/mol. The van der Waals surface area contributed by atoms with Crippen LogP contribution in [-0.4, -0.2) is 0 Å². The molecule has 0 saturated carbocycles. The van der Waals surface area contributed by atoms with Crippen LogP contribution in [0.5, 0.6) is 0 Å². The fraction of sp³-hybridized carbons (Fsp3) is 0. The van der Waals surface area contributed by atoms with Crippen molar-refractivity contribution in [3.05, 3.63) is 57.8 Å². The molecule has 0 saturated heterocycles. The van der Waals surface area contributed by atoms with E-state index in [1.165, 1.54) is 4.88 Å². The molecule has 2 heteroatoms. The van der Waals surface area contributed by atoms with E-state index in [0.717, 1.165) is 5.56 Å². The summed E-state index contributed by atoms with van der Waals surface area (Å²) >= 11 is 1.69. The molecule has 0 fully saturated rings. The Balaban J connectivity index is 2.29. The summed E-state index contributed by atoms with van der Waals surface area (Å²) in [6.45, 7) is 0. The Kier molecular flexibility index (Phi) is 2.96. The Morgan fingerprint density at radius 2 is 1.93 bits per heavy atom. The van der Waals surface area contributed by atoms with Gasteiger partial charge < -0.3 is 0 Å². The lowest BCUT2D eigenvalue weighted by Gasteiger charge is -1.95. The topological polar surface area (TPSA) is 23.8 Å². The molecule has 0 spiro atoms. The monoisotopic (exact) mass is 211 g/mol. The van der Waals surface area contributed by atoms with Gasteiger partial charge in [-0.1, -0.05) is 30.3 Å². The van der Waals surface area contributed by atoms with Crippen LogP contribution in [0.15, 0.2) is 41.8 Å². The van der Waals surface area contributed by atoms with Gasteiger partial charge in [0.2, 0.25) is 0 Å². The van der Waals surface area contributed by atoms with Crippen molar-refractivity contribution in [2.75, 3.05) is 0 Å². The summed E-state index contributed by atoms with van der Waals surface area (Å²) in [7, 11) is 0. The number of nitrogens with zero attached hydrogens (tertiary/aromatic N) is 1. The quantitative estimate of drug-likeness (QED) is 0.741. The van der Waals surface area contributed by atoms with Crippen LogP contribution in [0.3, 0.4) is 0 Å². The maximum absolute atomic E-state index is 8.89. The fourth-order valence-corrected chi connectivity index (χ4v) is 1.92. The Labute approximate surface area is 92.9 Å². The van der Waals surface area contributed by atoms with E-state index in [1.54, 1.807) is 11.3 Å². The first-order valence-corrected chi connectivity index (χ1v) is 5.49. The Hall–Kier alpha value is -1.85. The van der Waals surface area contributed by atoms with E-state index in [-0.39, 0.29) is 0 Å². The van der Waals surface area contributed by atoms with Gasteiger partial charge in [-0.3, -0.25) is 0 Å². The summed E-state index contributed by atoms with van der Waals surface area (Å²) < 4.78 is 0. The normalized spacial score (nSPS) is 10.3. The first-order chi connectivity index (χ1) is 7.40. The van der Waals surface area contributed by atoms with Crippen molar-refractivity contribution in [3.63, 3.8) is 0 Å². The molecule has 0 radical (unpaired) electrons. The summed E-state index contributed by atoms with van der Waals surface area (Å²) in [4.78, 5) is 1.20. The molecule has 1 aromatic carbocycles. The largest absolute Gasteiger partial charge is 0.192 e. The smallest absolute Gasteiger partial charge is 0.0997 e. The van der Waals surface area contributed by atoms with Crippen molar-refractivity contribution in [3.8, 4) is 6.07 Å². The third-order valence-corrected chi connectivity index (χ3v) is 2.89. The number of hydrogen-bond acceptors (Lipinski definition) is 2. The number of nitriles is 1. The van der Waals surface area contributed by atoms with Crippen LogP contribution in [0.2, 0.25) is 0 Å². The summed E-state index contributed by atoms with van der Waals surface area (Å²) in [5.74, 6) is 0. The molecular formula is C13H9NS. The lowest BCUT2D eigenvalue weighted by Crippen LogP contribution is -1.79. The Morgan fingerprint density at radius 3 is 2.67 bits per heavy atom. The predicted molar refractivity (Wildman–Crippen MR) is 64.4 cm³/mol. The zero-order valence-electron chi connectivity index (χ0n) is 8.05. The molecule has 2 aromatic rings. The van der Waals surface area contributed by atoms with Gasteiger partial charge in [0, 0.05) is 4.88 Å². The molecular weight excluding hydrogens is 202 g/mol. The highest BCUT2D eigenvalue weighted by Gasteiger charge is 1.95. The van der Waals surface area contributed by atoms with Gasteiger partial charge in [0.25, 0.3) is 0 Å². The van der Waals surface area contributed by atoms with Gasteiger partial charge in [0.05, 0.1) is 11.6 Å². The van der Waals surface area contributed by atoms with E-state index < -0.39 is 0 Å². The molecule has 1 nitrogen and oxygen atoms in total. The second-order valence-electron chi connectivity index (χ2n) is 3.05. The third-order valence-electron chi connectivity index (χ3n) is 2.05. The first-order valence-electron chi connectivity index (χ1n) is 4.61. The SMILES string of the molecule is N#Cc1ccccc1/C=C/c1cccs1. The van der Waals surface area contributed by atoms with E-state index in [1.807, 2.05) is 47.9 Å². The molecule has 1 heterocycles. The maximum Gasteiger partial charge on any atom is 0.0997 e. The Morgan fingerprint density at radius 1 is 1.07 bits per heavy atom. The molecule has 15 heavy (non-hydrogen) atoms. The highest BCUT2D eigenvalue weighted by atomic mass is 32.1. The van der Waals surface area contributed by atoms with Gasteiger partial charge in [-0.15, -0.1) is 11.3 Å². The molecule has 0 unspecified atom stereocenters. The van der Waals surface area contributed by atoms with Gasteiger partial charge in [-0.05, 0) is 29.2 Å². The molecule has 0 amide bonds. The van der Waals surface area contributed by atoms with E-state index in [0.29, 0.717) is 5.56 Å². The van der Waals surface area contributed by atoms with Gasteiger partial charge in [0.15, 0.2) is 0 Å². The second kappa shape index (κ2) is 4.59. The zero-order chi connectivity index (χ0) is 10.5. The van der Waals surface area contributed by atoms with Crippen molar-refractivity contribution >= 4 is 23.5 Å². The lowest BCUT2D eigenvalue weighted by atomic mass is 10.1. The highest BCUT2D eigenvalue weighted by Crippen LogP contribution is 2.15. The summed E-state index contributed by atoms with van der Waals surface area (Å²) in [6, 6.07) is 13.8. The maximum atomic E-state index is 8.89. The molecule has 72 valence electrons. The molecule has 1 aromatic heterocycles. The second-order valence-corrected chi connectivity index (χ2v) is 4.03. The first kappa shape index (κ1) is 9.70. The molecule has 2 rings (SSSR count). The van der Waals surface area contributed by atoms with Crippen molar-refractivity contribution in [2.45, 2.75) is 0 Å². The molecule has 0 aliphatic rings. The number of rotatable bonds is 2. The van der Waals surface area contributed by atoms with E-state index in [2.05, 4.69) is 12.1 Å². The highest BCUT2D eigenvalue weighted by molar-refractivity contribution is 7.10. The number of hydrogen-bond donors (Lipinski definition) is 0. The molecule has 0 N–H and O–H groups in total. The van der Waals surface area contributed by atoms with Crippen LogP contribution in [0.1, 0.15) is 16.0 Å². The average Bonchev–Trinajstić information content (AvgIpc) is 2.79. The van der Waals surface area contributed by atoms with Crippen LogP contribution in [0.25, 0.3) is 12.2 Å². The van der Waals surface area contributed by atoms with Gasteiger partial charge in [-0.25, -0.2) is 0 Å². The summed E-state index contributed by atoms with van der Waals surface area (Å²) in [6.07, 6.45) is 4.01. The van der Waals surface area contributed by atoms with E-state index in [9.17, 15) is 0 Å². The number of thiophene rings is 1. The predicted octanol–water partition coefficient (Wildman–Crippen LogP) is 3.79. The van der Waals surface area contributed by atoms with Crippen LogP contribution in [0.4, 0.5) is 0 Å². The Bertz CT molecular complexity index is 504. The van der Waals surface area contributed by atoms with Crippen LogP contribution < -0.4 is 0 Å². The van der Waals surface area contributed by atoms with Gasteiger partial charge in [0.1, 0.15) is 0 Å². The third kappa shape index (κ3) is 2.34. The number of benzene rings is 1. The van der Waals surface area contributed by atoms with Gasteiger partial charge >= 0.3 is 0 Å². The minimum Gasteiger partial charge on any atom is -0.192 e. The van der Waals surface area contributed by atoms with Crippen LogP contribution >= 0.6 is 11.3 Å². The minimum atomic E-state index is 0.713. The van der Waals surface area contributed by atoms with Crippen molar-refractivity contribution in [2.24, 2.45) is 0 Å².